The van der Waals surface area contributed by atoms with E-state index < -0.39 is 0 Å². The summed E-state index contributed by atoms with van der Waals surface area (Å²) in [5.74, 6) is 1.04. The first kappa shape index (κ1) is 11.7. The Morgan fingerprint density at radius 1 is 1.44 bits per heavy atom. The molecule has 18 heavy (non-hydrogen) atoms. The summed E-state index contributed by atoms with van der Waals surface area (Å²) in [7, 11) is 0. The minimum Gasteiger partial charge on any atom is -0.352 e. The highest BCUT2D eigenvalue weighted by atomic mass is 32.1. The van der Waals surface area contributed by atoms with Crippen molar-refractivity contribution in [2.75, 3.05) is 11.4 Å². The van der Waals surface area contributed by atoms with Gasteiger partial charge in [0, 0.05) is 30.2 Å². The number of fused-ring (bicyclic) bond motifs is 1. The number of rotatable bonds is 2. The molecule has 1 atom stereocenters. The third-order valence-electron chi connectivity index (χ3n) is 3.43. The Hall–Kier alpha value is -1.39. The van der Waals surface area contributed by atoms with E-state index in [1.165, 1.54) is 10.4 Å². The number of nitrogens with two attached hydrogens (primary N) is 1. The normalized spacial score (nSPS) is 16.4. The molecule has 4 heteroatoms. The number of hydrogen-bond donors (Lipinski definition) is 1. The number of anilines is 1. The van der Waals surface area contributed by atoms with Crippen molar-refractivity contribution in [2.24, 2.45) is 5.73 Å². The zero-order valence-corrected chi connectivity index (χ0v) is 11.3. The summed E-state index contributed by atoms with van der Waals surface area (Å²) in [5, 5.41) is 2.18. The maximum absolute atomic E-state index is 5.93. The number of hydrogen-bond acceptors (Lipinski definition) is 4. The summed E-state index contributed by atoms with van der Waals surface area (Å²) in [5.41, 5.74) is 8.52. The third-order valence-corrected chi connectivity index (χ3v) is 4.45. The Balaban J connectivity index is 1.86. The van der Waals surface area contributed by atoms with Gasteiger partial charge in [-0.15, -0.1) is 11.3 Å². The molecule has 3 heterocycles. The monoisotopic (exact) mass is 259 g/mol. The van der Waals surface area contributed by atoms with Gasteiger partial charge in [-0.3, -0.25) is 0 Å². The van der Waals surface area contributed by atoms with Gasteiger partial charge in [0.25, 0.3) is 0 Å². The molecule has 2 N–H and O–H groups in total. The van der Waals surface area contributed by atoms with Crippen molar-refractivity contribution in [3.05, 3.63) is 45.8 Å². The fourth-order valence-electron chi connectivity index (χ4n) is 2.33. The Morgan fingerprint density at radius 2 is 2.33 bits per heavy atom. The van der Waals surface area contributed by atoms with E-state index in [2.05, 4.69) is 27.4 Å². The van der Waals surface area contributed by atoms with Crippen molar-refractivity contribution < 1.29 is 0 Å². The Kier molecular flexibility index (Phi) is 3.06. The van der Waals surface area contributed by atoms with Crippen molar-refractivity contribution in [1.82, 2.24) is 4.98 Å². The molecule has 1 aliphatic heterocycles. The van der Waals surface area contributed by atoms with Crippen LogP contribution in [0.2, 0.25) is 0 Å². The summed E-state index contributed by atoms with van der Waals surface area (Å²) >= 11 is 1.86. The van der Waals surface area contributed by atoms with Crippen molar-refractivity contribution in [3.8, 4) is 0 Å². The molecule has 3 nitrogen and oxygen atoms in total. The van der Waals surface area contributed by atoms with E-state index in [-0.39, 0.29) is 6.04 Å². The first-order chi connectivity index (χ1) is 8.74. The molecule has 0 aromatic carbocycles. The Morgan fingerprint density at radius 3 is 3.17 bits per heavy atom. The number of pyridine rings is 1. The fourth-order valence-corrected chi connectivity index (χ4v) is 3.22. The molecule has 0 bridgehead atoms. The number of thiophene rings is 1. The van der Waals surface area contributed by atoms with Gasteiger partial charge in [0.1, 0.15) is 5.82 Å². The van der Waals surface area contributed by atoms with Crippen LogP contribution in [0, 0.1) is 0 Å². The van der Waals surface area contributed by atoms with Crippen LogP contribution >= 0.6 is 11.3 Å². The summed E-state index contributed by atoms with van der Waals surface area (Å²) in [6, 6.07) is 6.39. The number of nitrogens with zero attached hydrogens (tertiary/aromatic N) is 2. The standard InChI is InChI=1S/C14H17N3S/c1-10(15)11-2-5-16-14(8-11)17-6-3-13-12(9-17)4-7-18-13/h2,4-5,7-8,10H,3,6,9,15H2,1H3/t10-/m0/s1. The van der Waals surface area contributed by atoms with Crippen LogP contribution in [0.25, 0.3) is 0 Å². The van der Waals surface area contributed by atoms with E-state index in [1.54, 1.807) is 0 Å². The molecular formula is C14H17N3S. The molecular weight excluding hydrogens is 242 g/mol. The second kappa shape index (κ2) is 4.71. The molecule has 0 radical (unpaired) electrons. The lowest BCUT2D eigenvalue weighted by Crippen LogP contribution is -2.30. The van der Waals surface area contributed by atoms with Crippen molar-refractivity contribution in [2.45, 2.75) is 25.9 Å². The van der Waals surface area contributed by atoms with E-state index in [9.17, 15) is 0 Å². The predicted molar refractivity (Wildman–Crippen MR) is 75.9 cm³/mol. The van der Waals surface area contributed by atoms with Gasteiger partial charge in [-0.05, 0) is 48.1 Å². The van der Waals surface area contributed by atoms with Gasteiger partial charge in [-0.2, -0.15) is 0 Å². The van der Waals surface area contributed by atoms with E-state index in [0.29, 0.717) is 0 Å². The molecule has 0 unspecified atom stereocenters. The highest BCUT2D eigenvalue weighted by molar-refractivity contribution is 7.10. The van der Waals surface area contributed by atoms with Gasteiger partial charge in [0.15, 0.2) is 0 Å². The average Bonchev–Trinajstić information content (AvgIpc) is 2.86. The van der Waals surface area contributed by atoms with E-state index in [4.69, 9.17) is 5.73 Å². The first-order valence-electron chi connectivity index (χ1n) is 6.26. The number of aromatic nitrogens is 1. The highest BCUT2D eigenvalue weighted by Crippen LogP contribution is 2.27. The van der Waals surface area contributed by atoms with E-state index in [0.717, 1.165) is 30.9 Å². The summed E-state index contributed by atoms with van der Waals surface area (Å²) in [4.78, 5) is 8.33. The van der Waals surface area contributed by atoms with Gasteiger partial charge in [0.05, 0.1) is 0 Å². The van der Waals surface area contributed by atoms with Crippen LogP contribution in [0.15, 0.2) is 29.8 Å². The predicted octanol–water partition coefficient (Wildman–Crippen LogP) is 2.73. The van der Waals surface area contributed by atoms with Crippen molar-refractivity contribution in [1.29, 1.82) is 0 Å². The second-order valence-corrected chi connectivity index (χ2v) is 5.78. The molecule has 94 valence electrons. The molecule has 0 saturated heterocycles. The van der Waals surface area contributed by atoms with Crippen molar-refractivity contribution >= 4 is 17.2 Å². The lowest BCUT2D eigenvalue weighted by molar-refractivity contribution is 0.727. The average molecular weight is 259 g/mol. The lowest BCUT2D eigenvalue weighted by Gasteiger charge is -2.28. The maximum atomic E-state index is 5.93. The zero-order valence-electron chi connectivity index (χ0n) is 10.5. The summed E-state index contributed by atoms with van der Waals surface area (Å²) < 4.78 is 0. The molecule has 0 spiro atoms. The lowest BCUT2D eigenvalue weighted by atomic mass is 10.1. The largest absolute Gasteiger partial charge is 0.352 e. The maximum Gasteiger partial charge on any atom is 0.129 e. The first-order valence-corrected chi connectivity index (χ1v) is 7.14. The van der Waals surface area contributed by atoms with Crippen molar-refractivity contribution in [3.63, 3.8) is 0 Å². The van der Waals surface area contributed by atoms with Crippen LogP contribution in [0.4, 0.5) is 5.82 Å². The summed E-state index contributed by atoms with van der Waals surface area (Å²) in [6.07, 6.45) is 2.98. The highest BCUT2D eigenvalue weighted by Gasteiger charge is 2.18. The SMILES string of the molecule is C[C@H](N)c1ccnc(N2CCc3sccc3C2)c1. The van der Waals surface area contributed by atoms with Crippen LogP contribution in [-0.4, -0.2) is 11.5 Å². The molecule has 1 aliphatic rings. The van der Waals surface area contributed by atoms with Gasteiger partial charge >= 0.3 is 0 Å². The third kappa shape index (κ3) is 2.13. The minimum absolute atomic E-state index is 0.0632. The molecule has 0 aliphatic carbocycles. The quantitative estimate of drug-likeness (QED) is 0.901. The molecule has 2 aromatic rings. The Bertz CT molecular complexity index is 547. The van der Waals surface area contributed by atoms with E-state index in [1.807, 2.05) is 30.5 Å². The fraction of sp³-hybridized carbons (Fsp3) is 0.357. The van der Waals surface area contributed by atoms with Gasteiger partial charge in [-0.25, -0.2) is 4.98 Å². The molecule has 0 saturated carbocycles. The van der Waals surface area contributed by atoms with Crippen LogP contribution in [0.1, 0.15) is 29.0 Å². The Labute approximate surface area is 111 Å². The van der Waals surface area contributed by atoms with Crippen LogP contribution in [0.5, 0.6) is 0 Å². The van der Waals surface area contributed by atoms with Crippen LogP contribution in [-0.2, 0) is 13.0 Å². The molecule has 0 amide bonds. The van der Waals surface area contributed by atoms with Gasteiger partial charge in [0.2, 0.25) is 0 Å². The van der Waals surface area contributed by atoms with Crippen LogP contribution in [0.3, 0.4) is 0 Å². The van der Waals surface area contributed by atoms with Gasteiger partial charge < -0.3 is 10.6 Å². The summed E-state index contributed by atoms with van der Waals surface area (Å²) in [6.45, 7) is 4.02. The van der Waals surface area contributed by atoms with E-state index >= 15 is 0 Å². The topological polar surface area (TPSA) is 42.1 Å². The van der Waals surface area contributed by atoms with Gasteiger partial charge in [-0.1, -0.05) is 0 Å². The second-order valence-electron chi connectivity index (χ2n) is 4.78. The minimum atomic E-state index is 0.0632. The smallest absolute Gasteiger partial charge is 0.129 e. The molecule has 2 aromatic heterocycles. The van der Waals surface area contributed by atoms with Crippen LogP contribution < -0.4 is 10.6 Å². The zero-order chi connectivity index (χ0) is 12.5. The molecule has 0 fully saturated rings. The molecule has 3 rings (SSSR count).